The predicted octanol–water partition coefficient (Wildman–Crippen LogP) is 2.74. The van der Waals surface area contributed by atoms with E-state index in [1.807, 2.05) is 0 Å². The Morgan fingerprint density at radius 1 is 1.25 bits per heavy atom. The third-order valence-electron chi connectivity index (χ3n) is 3.79. The first-order valence-corrected chi connectivity index (χ1v) is 6.96. The Bertz CT molecular complexity index is 459. The van der Waals surface area contributed by atoms with Gasteiger partial charge in [0.05, 0.1) is 5.92 Å². The molecule has 20 heavy (non-hydrogen) atoms. The Balaban J connectivity index is 1.79. The molecule has 110 valence electrons. The molecule has 0 bridgehead atoms. The molecular formula is C15H19F2NO2. The highest BCUT2D eigenvalue weighted by Gasteiger charge is 2.26. The van der Waals surface area contributed by atoms with Gasteiger partial charge in [0.2, 0.25) is 0 Å². The highest BCUT2D eigenvalue weighted by molar-refractivity contribution is 5.70. The zero-order valence-corrected chi connectivity index (χ0v) is 11.2. The Morgan fingerprint density at radius 3 is 2.60 bits per heavy atom. The number of carbonyl (C=O) groups is 1. The number of nitrogens with one attached hydrogen (secondary N) is 1. The Morgan fingerprint density at radius 2 is 1.95 bits per heavy atom. The van der Waals surface area contributed by atoms with Gasteiger partial charge in [0, 0.05) is 12.1 Å². The molecule has 0 aliphatic heterocycles. The molecule has 2 N–H and O–H groups in total. The number of aliphatic carboxylic acids is 1. The average Bonchev–Trinajstić information content (AvgIpc) is 2.38. The number of hydrogen-bond acceptors (Lipinski definition) is 2. The fraction of sp³-hybridized carbons (Fsp3) is 0.533. The summed E-state index contributed by atoms with van der Waals surface area (Å²) in [6.07, 6.45) is 3.77. The van der Waals surface area contributed by atoms with Gasteiger partial charge in [0.25, 0.3) is 0 Å². The van der Waals surface area contributed by atoms with E-state index in [1.165, 1.54) is 12.1 Å². The van der Waals surface area contributed by atoms with Crippen molar-refractivity contribution in [3.05, 3.63) is 35.4 Å². The van der Waals surface area contributed by atoms with Gasteiger partial charge in [-0.25, -0.2) is 8.78 Å². The third-order valence-corrected chi connectivity index (χ3v) is 3.79. The van der Waals surface area contributed by atoms with E-state index in [1.54, 1.807) is 0 Å². The first-order valence-electron chi connectivity index (χ1n) is 6.96. The van der Waals surface area contributed by atoms with Crippen LogP contribution in [-0.2, 0) is 11.2 Å². The number of halogens is 2. The van der Waals surface area contributed by atoms with Gasteiger partial charge in [-0.1, -0.05) is 6.42 Å². The van der Waals surface area contributed by atoms with Crippen LogP contribution in [-0.4, -0.2) is 23.7 Å². The minimum atomic E-state index is -0.733. The molecule has 3 nitrogen and oxygen atoms in total. The van der Waals surface area contributed by atoms with Gasteiger partial charge in [-0.2, -0.15) is 0 Å². The van der Waals surface area contributed by atoms with Gasteiger partial charge in [-0.3, -0.25) is 4.79 Å². The SMILES string of the molecule is O=C(O)C1CCCC(NCCc2cc(F)cc(F)c2)C1. The summed E-state index contributed by atoms with van der Waals surface area (Å²) in [7, 11) is 0. The Hall–Kier alpha value is -1.49. The predicted molar refractivity (Wildman–Crippen MR) is 71.4 cm³/mol. The molecular weight excluding hydrogens is 264 g/mol. The van der Waals surface area contributed by atoms with Crippen LogP contribution < -0.4 is 5.32 Å². The van der Waals surface area contributed by atoms with E-state index < -0.39 is 17.6 Å². The summed E-state index contributed by atoms with van der Waals surface area (Å²) in [4.78, 5) is 11.0. The molecule has 2 atom stereocenters. The van der Waals surface area contributed by atoms with Crippen LogP contribution in [0.2, 0.25) is 0 Å². The van der Waals surface area contributed by atoms with E-state index >= 15 is 0 Å². The zero-order chi connectivity index (χ0) is 14.5. The molecule has 1 aromatic rings. The molecule has 0 spiro atoms. The normalized spacial score (nSPS) is 22.7. The third kappa shape index (κ3) is 4.27. The molecule has 1 fully saturated rings. The number of hydrogen-bond donors (Lipinski definition) is 2. The molecule has 0 aromatic heterocycles. The minimum Gasteiger partial charge on any atom is -0.481 e. The lowest BCUT2D eigenvalue weighted by Crippen LogP contribution is -2.37. The summed E-state index contributed by atoms with van der Waals surface area (Å²) in [6, 6.07) is 3.69. The van der Waals surface area contributed by atoms with Gasteiger partial charge < -0.3 is 10.4 Å². The second-order valence-corrected chi connectivity index (χ2v) is 5.38. The standard InChI is InChI=1S/C15H19F2NO2/c16-12-6-10(7-13(17)9-12)4-5-18-14-3-1-2-11(8-14)15(19)20/h6-7,9,11,14,18H,1-5,8H2,(H,19,20). The fourth-order valence-electron chi connectivity index (χ4n) is 2.78. The minimum absolute atomic E-state index is 0.184. The lowest BCUT2D eigenvalue weighted by molar-refractivity contribution is -0.143. The van der Waals surface area contributed by atoms with Crippen LogP contribution in [0.1, 0.15) is 31.2 Å². The van der Waals surface area contributed by atoms with Crippen molar-refractivity contribution in [2.45, 2.75) is 38.1 Å². The van der Waals surface area contributed by atoms with E-state index in [0.29, 0.717) is 24.9 Å². The zero-order valence-electron chi connectivity index (χ0n) is 11.2. The number of carboxylic acids is 1. The molecule has 1 aliphatic rings. The number of rotatable bonds is 5. The monoisotopic (exact) mass is 283 g/mol. The highest BCUT2D eigenvalue weighted by Crippen LogP contribution is 2.24. The quantitative estimate of drug-likeness (QED) is 0.873. The first kappa shape index (κ1) is 14.9. The van der Waals surface area contributed by atoms with Crippen molar-refractivity contribution in [3.63, 3.8) is 0 Å². The summed E-state index contributed by atoms with van der Waals surface area (Å²) >= 11 is 0. The van der Waals surface area contributed by atoms with Crippen LogP contribution in [0.15, 0.2) is 18.2 Å². The maximum absolute atomic E-state index is 13.0. The van der Waals surface area contributed by atoms with Crippen LogP contribution in [0.4, 0.5) is 8.78 Å². The highest BCUT2D eigenvalue weighted by atomic mass is 19.1. The second-order valence-electron chi connectivity index (χ2n) is 5.38. The van der Waals surface area contributed by atoms with Crippen LogP contribution in [0.25, 0.3) is 0 Å². The topological polar surface area (TPSA) is 49.3 Å². The van der Waals surface area contributed by atoms with E-state index in [2.05, 4.69) is 5.32 Å². The smallest absolute Gasteiger partial charge is 0.306 e. The molecule has 1 aromatic carbocycles. The summed E-state index contributed by atoms with van der Waals surface area (Å²) in [5.41, 5.74) is 0.612. The van der Waals surface area contributed by atoms with Crippen molar-refractivity contribution in [2.24, 2.45) is 5.92 Å². The van der Waals surface area contributed by atoms with Crippen LogP contribution in [0.3, 0.4) is 0 Å². The van der Waals surface area contributed by atoms with Crippen LogP contribution in [0, 0.1) is 17.6 Å². The van der Waals surface area contributed by atoms with Gasteiger partial charge in [-0.05, 0) is 49.9 Å². The van der Waals surface area contributed by atoms with Crippen molar-refractivity contribution in [1.29, 1.82) is 0 Å². The van der Waals surface area contributed by atoms with Gasteiger partial charge in [-0.15, -0.1) is 0 Å². The van der Waals surface area contributed by atoms with Gasteiger partial charge in [0.1, 0.15) is 11.6 Å². The van der Waals surface area contributed by atoms with Crippen molar-refractivity contribution in [2.75, 3.05) is 6.54 Å². The fourth-order valence-corrected chi connectivity index (χ4v) is 2.78. The second kappa shape index (κ2) is 6.79. The largest absolute Gasteiger partial charge is 0.481 e. The molecule has 0 heterocycles. The Labute approximate surface area is 117 Å². The molecule has 0 saturated heterocycles. The lowest BCUT2D eigenvalue weighted by Gasteiger charge is -2.27. The molecule has 5 heteroatoms. The van der Waals surface area contributed by atoms with Gasteiger partial charge >= 0.3 is 5.97 Å². The van der Waals surface area contributed by atoms with E-state index in [0.717, 1.165) is 25.3 Å². The maximum Gasteiger partial charge on any atom is 0.306 e. The number of benzene rings is 1. The molecule has 1 saturated carbocycles. The first-order chi connectivity index (χ1) is 9.54. The molecule has 0 radical (unpaired) electrons. The van der Waals surface area contributed by atoms with E-state index in [9.17, 15) is 13.6 Å². The summed E-state index contributed by atoms with van der Waals surface area (Å²) in [5.74, 6) is -2.14. The van der Waals surface area contributed by atoms with Crippen molar-refractivity contribution in [1.82, 2.24) is 5.32 Å². The van der Waals surface area contributed by atoms with E-state index in [-0.39, 0.29) is 12.0 Å². The van der Waals surface area contributed by atoms with Crippen molar-refractivity contribution < 1.29 is 18.7 Å². The Kier molecular flexibility index (Phi) is 5.06. The molecule has 0 amide bonds. The average molecular weight is 283 g/mol. The molecule has 1 aliphatic carbocycles. The van der Waals surface area contributed by atoms with Gasteiger partial charge in [0.15, 0.2) is 0 Å². The van der Waals surface area contributed by atoms with E-state index in [4.69, 9.17) is 5.11 Å². The summed E-state index contributed by atoms with van der Waals surface area (Å²) in [6.45, 7) is 0.597. The number of carboxylic acid groups (broad SMARTS) is 1. The van der Waals surface area contributed by atoms with Crippen molar-refractivity contribution in [3.8, 4) is 0 Å². The molecule has 2 unspecified atom stereocenters. The summed E-state index contributed by atoms with van der Waals surface area (Å²) in [5, 5.41) is 12.3. The van der Waals surface area contributed by atoms with Crippen LogP contribution >= 0.6 is 0 Å². The lowest BCUT2D eigenvalue weighted by atomic mass is 9.86. The maximum atomic E-state index is 13.0. The summed E-state index contributed by atoms with van der Waals surface area (Å²) < 4.78 is 26.0. The van der Waals surface area contributed by atoms with Crippen LogP contribution in [0.5, 0.6) is 0 Å². The molecule has 2 rings (SSSR count). The van der Waals surface area contributed by atoms with Crippen molar-refractivity contribution >= 4 is 5.97 Å².